The Kier molecular flexibility index (Phi) is 6.57. The molecule has 7 nitrogen and oxygen atoms in total. The zero-order valence-corrected chi connectivity index (χ0v) is 20.6. The quantitative estimate of drug-likeness (QED) is 0.256. The van der Waals surface area contributed by atoms with Crippen LogP contribution in [-0.2, 0) is 29.1 Å². The van der Waals surface area contributed by atoms with Crippen molar-refractivity contribution in [2.45, 2.75) is 26.5 Å². The fourth-order valence-electron chi connectivity index (χ4n) is 4.29. The second-order valence-corrected chi connectivity index (χ2v) is 8.94. The molecule has 1 aromatic heterocycles. The Labute approximate surface area is 212 Å². The molecule has 8 heteroatoms. The second kappa shape index (κ2) is 9.95. The molecule has 1 aliphatic heterocycles. The number of anilines is 1. The molecule has 0 aliphatic carbocycles. The first-order valence-corrected chi connectivity index (χ1v) is 11.8. The lowest BCUT2D eigenvalue weighted by Crippen LogP contribution is -2.32. The Morgan fingerprint density at radius 2 is 1.86 bits per heavy atom. The first kappa shape index (κ1) is 23.8. The molecule has 5 rings (SSSR count). The highest BCUT2D eigenvalue weighted by Gasteiger charge is 2.27. The van der Waals surface area contributed by atoms with Crippen molar-refractivity contribution in [3.8, 4) is 11.5 Å². The number of carbonyl (C=O) groups is 1. The van der Waals surface area contributed by atoms with E-state index in [4.69, 9.17) is 30.2 Å². The van der Waals surface area contributed by atoms with E-state index < -0.39 is 11.6 Å². The summed E-state index contributed by atoms with van der Waals surface area (Å²) in [7, 11) is 1.28. The molecule has 0 amide bonds. The summed E-state index contributed by atoms with van der Waals surface area (Å²) in [6.07, 6.45) is -0.170. The number of esters is 1. The summed E-state index contributed by atoms with van der Waals surface area (Å²) in [5.41, 5.74) is 3.40. The van der Waals surface area contributed by atoms with Crippen LogP contribution in [0.3, 0.4) is 0 Å². The van der Waals surface area contributed by atoms with Crippen LogP contribution in [0.4, 0.5) is 5.69 Å². The van der Waals surface area contributed by atoms with Crippen molar-refractivity contribution in [3.63, 3.8) is 0 Å². The highest BCUT2D eigenvalue weighted by molar-refractivity contribution is 6.33. The van der Waals surface area contributed by atoms with Crippen molar-refractivity contribution < 1.29 is 23.4 Å². The van der Waals surface area contributed by atoms with Gasteiger partial charge in [-0.25, -0.2) is 4.79 Å². The van der Waals surface area contributed by atoms with E-state index in [1.807, 2.05) is 59.5 Å². The van der Waals surface area contributed by atoms with Crippen molar-refractivity contribution in [2.24, 2.45) is 0 Å². The van der Waals surface area contributed by atoms with Crippen molar-refractivity contribution in [1.29, 1.82) is 0 Å². The Bertz CT molecular complexity index is 1480. The smallest absolute Gasteiger partial charge is 0.340 e. The number of carbonyl (C=O) groups excluding carboxylic acids is 1. The summed E-state index contributed by atoms with van der Waals surface area (Å²) in [5.74, 6) is 0.736. The summed E-state index contributed by atoms with van der Waals surface area (Å²) >= 11 is 6.55. The number of hydrogen-bond donors (Lipinski definition) is 0. The maximum Gasteiger partial charge on any atom is 0.340 e. The molecule has 0 radical (unpaired) electrons. The first-order valence-electron chi connectivity index (χ1n) is 11.4. The Hall–Kier alpha value is -3.97. The van der Waals surface area contributed by atoms with Gasteiger partial charge in [0, 0.05) is 11.1 Å². The van der Waals surface area contributed by atoms with Crippen LogP contribution in [0.2, 0.25) is 5.02 Å². The zero-order chi connectivity index (χ0) is 25.2. The Balaban J connectivity index is 1.42. The van der Waals surface area contributed by atoms with E-state index >= 15 is 0 Å². The summed E-state index contributed by atoms with van der Waals surface area (Å²) in [4.78, 5) is 26.6. The molecule has 0 saturated heterocycles. The number of nitrogens with zero attached hydrogens (tertiary/aromatic N) is 1. The van der Waals surface area contributed by atoms with Gasteiger partial charge in [-0.05, 0) is 48.4 Å². The molecule has 2 heterocycles. The molecule has 1 aliphatic rings. The number of halogens is 1. The van der Waals surface area contributed by atoms with Crippen LogP contribution in [0, 0.1) is 6.92 Å². The SMILES string of the molecule is COC(=O)Cc1c(C)c2cc(Cl)c3c(c2oc1=O)CN(c1ccc(OCc2ccccc2)cc1)CO3. The lowest BCUT2D eigenvalue weighted by atomic mass is 10.00. The average Bonchev–Trinajstić information content (AvgIpc) is 2.91. The lowest BCUT2D eigenvalue weighted by molar-refractivity contribution is -0.139. The molecule has 0 bridgehead atoms. The summed E-state index contributed by atoms with van der Waals surface area (Å²) in [6.45, 7) is 2.97. The maximum absolute atomic E-state index is 12.8. The number of aryl methyl sites for hydroxylation is 1. The normalized spacial score (nSPS) is 12.7. The lowest BCUT2D eigenvalue weighted by Gasteiger charge is -2.31. The van der Waals surface area contributed by atoms with Gasteiger partial charge >= 0.3 is 11.6 Å². The second-order valence-electron chi connectivity index (χ2n) is 8.53. The van der Waals surface area contributed by atoms with Gasteiger partial charge in [-0.1, -0.05) is 41.9 Å². The van der Waals surface area contributed by atoms with Crippen molar-refractivity contribution in [3.05, 3.63) is 98.4 Å². The molecule has 0 saturated carbocycles. The van der Waals surface area contributed by atoms with Crippen LogP contribution in [0.1, 0.15) is 22.3 Å². The predicted molar refractivity (Wildman–Crippen MR) is 137 cm³/mol. The van der Waals surface area contributed by atoms with E-state index in [1.165, 1.54) is 7.11 Å². The Morgan fingerprint density at radius 3 is 2.58 bits per heavy atom. The molecular weight excluding hydrogens is 482 g/mol. The summed E-state index contributed by atoms with van der Waals surface area (Å²) in [5, 5.41) is 1.08. The molecule has 0 spiro atoms. The fourth-order valence-corrected chi connectivity index (χ4v) is 4.57. The van der Waals surface area contributed by atoms with Gasteiger partial charge in [0.05, 0.1) is 36.2 Å². The molecule has 3 aromatic carbocycles. The van der Waals surface area contributed by atoms with Gasteiger partial charge in [0.1, 0.15) is 23.7 Å². The van der Waals surface area contributed by atoms with Crippen LogP contribution in [-0.4, -0.2) is 19.8 Å². The number of benzene rings is 3. The highest BCUT2D eigenvalue weighted by Crippen LogP contribution is 2.40. The standard InChI is InChI=1S/C28H24ClNO6/c1-17-21-12-24(29)27-23(26(21)36-28(32)22(17)13-25(31)33-2)14-30(16-35-27)19-8-10-20(11-9-19)34-15-18-6-4-3-5-7-18/h3-12H,13-16H2,1-2H3. The van der Waals surface area contributed by atoms with Gasteiger partial charge in [-0.15, -0.1) is 0 Å². The molecule has 0 N–H and O–H groups in total. The maximum atomic E-state index is 12.8. The van der Waals surface area contributed by atoms with Crippen LogP contribution < -0.4 is 20.0 Å². The molecule has 0 unspecified atom stereocenters. The molecule has 184 valence electrons. The van der Waals surface area contributed by atoms with Gasteiger partial charge in [0.25, 0.3) is 0 Å². The third-order valence-electron chi connectivity index (χ3n) is 6.29. The van der Waals surface area contributed by atoms with Gasteiger partial charge in [0.2, 0.25) is 0 Å². The minimum atomic E-state index is -0.577. The van der Waals surface area contributed by atoms with Gasteiger partial charge in [-0.3, -0.25) is 4.79 Å². The molecule has 36 heavy (non-hydrogen) atoms. The molecule has 0 fully saturated rings. The van der Waals surface area contributed by atoms with E-state index in [0.29, 0.717) is 46.0 Å². The van der Waals surface area contributed by atoms with Crippen LogP contribution in [0.15, 0.2) is 69.9 Å². The average molecular weight is 506 g/mol. The van der Waals surface area contributed by atoms with Gasteiger partial charge < -0.3 is 23.5 Å². The number of fused-ring (bicyclic) bond motifs is 3. The number of hydrogen-bond acceptors (Lipinski definition) is 7. The fraction of sp³-hybridized carbons (Fsp3) is 0.214. The van der Waals surface area contributed by atoms with Crippen molar-refractivity contribution >= 4 is 34.2 Å². The highest BCUT2D eigenvalue weighted by atomic mass is 35.5. The van der Waals surface area contributed by atoms with E-state index in [9.17, 15) is 9.59 Å². The molecule has 0 atom stereocenters. The summed E-state index contributed by atoms with van der Waals surface area (Å²) < 4.78 is 22.3. The van der Waals surface area contributed by atoms with Crippen LogP contribution in [0.25, 0.3) is 11.0 Å². The number of methoxy groups -OCH3 is 1. The van der Waals surface area contributed by atoms with Crippen molar-refractivity contribution in [2.75, 3.05) is 18.7 Å². The van der Waals surface area contributed by atoms with Gasteiger partial charge in [0.15, 0.2) is 6.73 Å². The Morgan fingerprint density at radius 1 is 1.11 bits per heavy atom. The largest absolute Gasteiger partial charge is 0.489 e. The van der Waals surface area contributed by atoms with Crippen LogP contribution in [0.5, 0.6) is 11.5 Å². The van der Waals surface area contributed by atoms with E-state index in [2.05, 4.69) is 0 Å². The minimum Gasteiger partial charge on any atom is -0.489 e. The zero-order valence-electron chi connectivity index (χ0n) is 19.9. The third kappa shape index (κ3) is 4.62. The van der Waals surface area contributed by atoms with Crippen LogP contribution >= 0.6 is 11.6 Å². The topological polar surface area (TPSA) is 78.2 Å². The molecular formula is C28H24ClNO6. The van der Waals surface area contributed by atoms with E-state index in [-0.39, 0.29) is 18.7 Å². The van der Waals surface area contributed by atoms with E-state index in [0.717, 1.165) is 17.0 Å². The van der Waals surface area contributed by atoms with Crippen molar-refractivity contribution in [1.82, 2.24) is 0 Å². The molecule has 4 aromatic rings. The first-order chi connectivity index (χ1) is 17.4. The van der Waals surface area contributed by atoms with Gasteiger partial charge in [-0.2, -0.15) is 0 Å². The van der Waals surface area contributed by atoms with E-state index in [1.54, 1.807) is 13.0 Å². The number of ether oxygens (including phenoxy) is 3. The minimum absolute atomic E-state index is 0.170. The third-order valence-corrected chi connectivity index (χ3v) is 6.57. The number of rotatable bonds is 6. The monoisotopic (exact) mass is 505 g/mol. The predicted octanol–water partition coefficient (Wildman–Crippen LogP) is 5.41. The summed E-state index contributed by atoms with van der Waals surface area (Å²) in [6, 6.07) is 19.4.